The highest BCUT2D eigenvalue weighted by atomic mass is 79.9. The van der Waals surface area contributed by atoms with Crippen LogP contribution in [0.15, 0.2) is 40.9 Å². The normalized spacial score (nSPS) is 12.5. The molecule has 3 nitrogen and oxygen atoms in total. The zero-order valence-corrected chi connectivity index (χ0v) is 14.5. The molecule has 3 aromatic rings. The summed E-state index contributed by atoms with van der Waals surface area (Å²) < 4.78 is 9.69. The third kappa shape index (κ3) is 3.05. The van der Waals surface area contributed by atoms with Gasteiger partial charge in [-0.25, -0.2) is 0 Å². The molecule has 0 spiro atoms. The second-order valence-corrected chi connectivity index (χ2v) is 6.57. The number of anilines is 1. The second kappa shape index (κ2) is 6.30. The molecule has 0 saturated carbocycles. The van der Waals surface area contributed by atoms with E-state index in [1.807, 2.05) is 24.3 Å². The summed E-state index contributed by atoms with van der Waals surface area (Å²) >= 11 is 11.1. The first-order valence-electron chi connectivity index (χ1n) is 6.62. The van der Waals surface area contributed by atoms with Crippen LogP contribution in [0.2, 0.25) is 5.02 Å². The minimum absolute atomic E-state index is 0.173. The standard InChI is InChI=1S/C15H13BrClN3S/c1-2-12(9-4-3-5-10(16)8-9)18-14-11(17)6-7-13-15(14)20-21-19-13/h3-8,12,18H,2H2,1H3. The van der Waals surface area contributed by atoms with E-state index in [1.54, 1.807) is 0 Å². The van der Waals surface area contributed by atoms with E-state index in [0.717, 1.165) is 27.6 Å². The highest BCUT2D eigenvalue weighted by Gasteiger charge is 2.15. The van der Waals surface area contributed by atoms with Crippen molar-refractivity contribution in [3.05, 3.63) is 51.5 Å². The molecule has 108 valence electrons. The molecule has 1 N–H and O–H groups in total. The molecular weight excluding hydrogens is 370 g/mol. The third-order valence-corrected chi connectivity index (χ3v) is 4.71. The molecule has 21 heavy (non-hydrogen) atoms. The molecule has 0 radical (unpaired) electrons. The fraction of sp³-hybridized carbons (Fsp3) is 0.200. The topological polar surface area (TPSA) is 37.8 Å². The SMILES string of the molecule is CCC(Nc1c(Cl)ccc2nsnc12)c1cccc(Br)c1. The maximum Gasteiger partial charge on any atom is 0.129 e. The summed E-state index contributed by atoms with van der Waals surface area (Å²) in [6, 6.07) is 12.2. The van der Waals surface area contributed by atoms with Gasteiger partial charge in [0.15, 0.2) is 0 Å². The van der Waals surface area contributed by atoms with Crippen LogP contribution >= 0.6 is 39.3 Å². The summed E-state index contributed by atoms with van der Waals surface area (Å²) in [5.74, 6) is 0. The highest BCUT2D eigenvalue weighted by Crippen LogP contribution is 2.34. The molecule has 0 amide bonds. The molecular formula is C15H13BrClN3S. The van der Waals surface area contributed by atoms with Crippen molar-refractivity contribution >= 4 is 56.0 Å². The second-order valence-electron chi connectivity index (χ2n) is 4.71. The van der Waals surface area contributed by atoms with Gasteiger partial charge in [-0.3, -0.25) is 0 Å². The van der Waals surface area contributed by atoms with Crippen LogP contribution in [0.5, 0.6) is 0 Å². The van der Waals surface area contributed by atoms with Gasteiger partial charge in [0.1, 0.15) is 11.0 Å². The molecule has 1 aromatic heterocycles. The van der Waals surface area contributed by atoms with Crippen molar-refractivity contribution in [2.75, 3.05) is 5.32 Å². The minimum atomic E-state index is 0.173. The molecule has 0 aliphatic carbocycles. The number of nitrogens with zero attached hydrogens (tertiary/aromatic N) is 2. The van der Waals surface area contributed by atoms with E-state index in [2.05, 4.69) is 49.1 Å². The fourth-order valence-corrected chi connectivity index (χ4v) is 3.45. The average molecular weight is 383 g/mol. The van der Waals surface area contributed by atoms with Crippen molar-refractivity contribution in [2.24, 2.45) is 0 Å². The van der Waals surface area contributed by atoms with E-state index < -0.39 is 0 Å². The Kier molecular flexibility index (Phi) is 4.42. The predicted octanol–water partition coefficient (Wildman–Crippen LogP) is 5.67. The first-order chi connectivity index (χ1) is 10.2. The van der Waals surface area contributed by atoms with Crippen LogP contribution in [0.25, 0.3) is 11.0 Å². The quantitative estimate of drug-likeness (QED) is 0.631. The Morgan fingerprint density at radius 2 is 2.14 bits per heavy atom. The third-order valence-electron chi connectivity index (χ3n) is 3.35. The maximum atomic E-state index is 6.35. The van der Waals surface area contributed by atoms with Gasteiger partial charge >= 0.3 is 0 Å². The fourth-order valence-electron chi connectivity index (χ4n) is 2.28. The molecule has 2 aromatic carbocycles. The van der Waals surface area contributed by atoms with Crippen LogP contribution in [-0.2, 0) is 0 Å². The lowest BCUT2D eigenvalue weighted by Gasteiger charge is -2.20. The van der Waals surface area contributed by atoms with Crippen LogP contribution in [-0.4, -0.2) is 8.75 Å². The van der Waals surface area contributed by atoms with E-state index >= 15 is 0 Å². The predicted molar refractivity (Wildman–Crippen MR) is 93.2 cm³/mol. The molecule has 1 unspecified atom stereocenters. The van der Waals surface area contributed by atoms with Crippen LogP contribution < -0.4 is 5.32 Å². The number of benzene rings is 2. The minimum Gasteiger partial charge on any atom is -0.375 e. The average Bonchev–Trinajstić information content (AvgIpc) is 2.95. The Bertz CT molecular complexity index is 774. The van der Waals surface area contributed by atoms with Crippen LogP contribution in [0, 0.1) is 0 Å². The summed E-state index contributed by atoms with van der Waals surface area (Å²) in [6.45, 7) is 2.14. The van der Waals surface area contributed by atoms with Gasteiger partial charge in [-0.15, -0.1) is 0 Å². The first kappa shape index (κ1) is 14.8. The first-order valence-corrected chi connectivity index (χ1v) is 8.52. The molecule has 3 rings (SSSR count). The van der Waals surface area contributed by atoms with E-state index in [-0.39, 0.29) is 6.04 Å². The molecule has 0 aliphatic heterocycles. The highest BCUT2D eigenvalue weighted by molar-refractivity contribution is 9.10. The Labute approximate surface area is 140 Å². The molecule has 6 heteroatoms. The summed E-state index contributed by atoms with van der Waals surface area (Å²) in [5.41, 5.74) is 3.77. The van der Waals surface area contributed by atoms with Crippen molar-refractivity contribution in [1.29, 1.82) is 0 Å². The van der Waals surface area contributed by atoms with Gasteiger partial charge in [0.05, 0.1) is 28.5 Å². The molecule has 0 aliphatic rings. The van der Waals surface area contributed by atoms with Gasteiger partial charge in [-0.1, -0.05) is 46.6 Å². The Morgan fingerprint density at radius 3 is 2.90 bits per heavy atom. The number of aromatic nitrogens is 2. The van der Waals surface area contributed by atoms with Crippen molar-refractivity contribution in [3.8, 4) is 0 Å². The van der Waals surface area contributed by atoms with Gasteiger partial charge in [0.25, 0.3) is 0 Å². The zero-order chi connectivity index (χ0) is 14.8. The zero-order valence-electron chi connectivity index (χ0n) is 11.3. The van der Waals surface area contributed by atoms with E-state index in [9.17, 15) is 0 Å². The maximum absolute atomic E-state index is 6.35. The summed E-state index contributed by atoms with van der Waals surface area (Å²) in [7, 11) is 0. The molecule has 0 fully saturated rings. The largest absolute Gasteiger partial charge is 0.375 e. The molecule has 0 saturated heterocycles. The molecule has 0 bridgehead atoms. The van der Waals surface area contributed by atoms with Gasteiger partial charge in [-0.05, 0) is 36.2 Å². The van der Waals surface area contributed by atoms with Crippen molar-refractivity contribution in [2.45, 2.75) is 19.4 Å². The Morgan fingerprint density at radius 1 is 1.29 bits per heavy atom. The van der Waals surface area contributed by atoms with Gasteiger partial charge in [0.2, 0.25) is 0 Å². The van der Waals surface area contributed by atoms with Crippen molar-refractivity contribution in [3.63, 3.8) is 0 Å². The lowest BCUT2D eigenvalue weighted by Crippen LogP contribution is -2.10. The number of rotatable bonds is 4. The smallest absolute Gasteiger partial charge is 0.129 e. The van der Waals surface area contributed by atoms with E-state index in [1.165, 1.54) is 17.3 Å². The number of hydrogen-bond acceptors (Lipinski definition) is 4. The number of nitrogens with one attached hydrogen (secondary N) is 1. The van der Waals surface area contributed by atoms with Crippen molar-refractivity contribution in [1.82, 2.24) is 8.75 Å². The van der Waals surface area contributed by atoms with Crippen LogP contribution in [0.3, 0.4) is 0 Å². The van der Waals surface area contributed by atoms with Crippen molar-refractivity contribution < 1.29 is 0 Å². The van der Waals surface area contributed by atoms with Gasteiger partial charge in [0, 0.05) is 4.47 Å². The monoisotopic (exact) mass is 381 g/mol. The van der Waals surface area contributed by atoms with Crippen LogP contribution in [0.1, 0.15) is 24.9 Å². The van der Waals surface area contributed by atoms with Crippen LogP contribution in [0.4, 0.5) is 5.69 Å². The molecule has 1 heterocycles. The summed E-state index contributed by atoms with van der Waals surface area (Å²) in [4.78, 5) is 0. The number of fused-ring (bicyclic) bond motifs is 1. The summed E-state index contributed by atoms with van der Waals surface area (Å²) in [5, 5.41) is 4.19. The van der Waals surface area contributed by atoms with E-state index in [0.29, 0.717) is 5.02 Å². The van der Waals surface area contributed by atoms with E-state index in [4.69, 9.17) is 11.6 Å². The Hall–Kier alpha value is -1.17. The number of halogens is 2. The lowest BCUT2D eigenvalue weighted by molar-refractivity contribution is 0.750. The molecule has 1 atom stereocenters. The van der Waals surface area contributed by atoms with Gasteiger partial charge in [-0.2, -0.15) is 8.75 Å². The Balaban J connectivity index is 1.99. The summed E-state index contributed by atoms with van der Waals surface area (Å²) in [6.07, 6.45) is 0.945. The number of hydrogen-bond donors (Lipinski definition) is 1. The lowest BCUT2D eigenvalue weighted by atomic mass is 10.0. The van der Waals surface area contributed by atoms with Gasteiger partial charge < -0.3 is 5.32 Å².